The van der Waals surface area contributed by atoms with Crippen LogP contribution in [0.1, 0.15) is 12.8 Å². The molecule has 0 bridgehead atoms. The molecule has 5 heteroatoms. The van der Waals surface area contributed by atoms with Crippen molar-refractivity contribution < 1.29 is 10.2 Å². The molecule has 1 aliphatic heterocycles. The number of aliphatic hydroxyl groups is 2. The minimum absolute atomic E-state index is 0. The van der Waals surface area contributed by atoms with Crippen molar-refractivity contribution in [2.75, 3.05) is 0 Å². The molecule has 0 aliphatic carbocycles. The van der Waals surface area contributed by atoms with E-state index in [2.05, 4.69) is 5.32 Å². The Kier molecular flexibility index (Phi) is 4.15. The van der Waals surface area contributed by atoms with Crippen LogP contribution in [0.25, 0.3) is 0 Å². The third-order valence-corrected chi connectivity index (χ3v) is 1.54. The maximum absolute atomic E-state index is 8.95. The largest absolute Gasteiger partial charge is 0.379 e. The van der Waals surface area contributed by atoms with Crippen molar-refractivity contribution in [3.63, 3.8) is 0 Å². The van der Waals surface area contributed by atoms with Gasteiger partial charge in [0.05, 0.1) is 0 Å². The van der Waals surface area contributed by atoms with E-state index in [1.165, 1.54) is 0 Å². The number of aliphatic hydroxyl groups excluding tert-OH is 2. The Balaban J connectivity index is 0.000000810. The summed E-state index contributed by atoms with van der Waals surface area (Å²) in [4.78, 5) is 0. The van der Waals surface area contributed by atoms with Crippen molar-refractivity contribution in [1.29, 1.82) is 0 Å². The quantitative estimate of drug-likeness (QED) is 0.365. The molecular weight excluding hydrogens is 156 g/mol. The maximum atomic E-state index is 8.95. The van der Waals surface area contributed by atoms with Gasteiger partial charge < -0.3 is 15.9 Å². The fourth-order valence-electron chi connectivity index (χ4n) is 0.912. The number of hydrogen-bond acceptors (Lipinski definition) is 4. The van der Waals surface area contributed by atoms with E-state index in [4.69, 9.17) is 15.9 Å². The monoisotopic (exact) mass is 168 g/mol. The number of hydrogen-bond donors (Lipinski definition) is 4. The highest BCUT2D eigenvalue weighted by atomic mass is 35.5. The lowest BCUT2D eigenvalue weighted by molar-refractivity contribution is -0.00802. The molecule has 0 amide bonds. The summed E-state index contributed by atoms with van der Waals surface area (Å²) in [5.41, 5.74) is 5.42. The van der Waals surface area contributed by atoms with Crippen LogP contribution < -0.4 is 11.1 Å². The highest BCUT2D eigenvalue weighted by Crippen LogP contribution is 2.07. The lowest BCUT2D eigenvalue weighted by atomic mass is 10.1. The normalized spacial score (nSPS) is 40.5. The first-order valence-electron chi connectivity index (χ1n) is 3.08. The molecule has 1 aliphatic rings. The van der Waals surface area contributed by atoms with Crippen molar-refractivity contribution in [1.82, 2.24) is 5.32 Å². The van der Waals surface area contributed by atoms with Gasteiger partial charge in [-0.05, 0) is 12.8 Å². The van der Waals surface area contributed by atoms with E-state index in [0.29, 0.717) is 12.8 Å². The fourth-order valence-corrected chi connectivity index (χ4v) is 0.912. The molecule has 1 fully saturated rings. The lowest BCUT2D eigenvalue weighted by Crippen LogP contribution is -2.53. The van der Waals surface area contributed by atoms with E-state index >= 15 is 0 Å². The average Bonchev–Trinajstić information content (AvgIpc) is 1.80. The first-order chi connectivity index (χ1) is 4.20. The summed E-state index contributed by atoms with van der Waals surface area (Å²) in [6.07, 6.45) is -0.0263. The van der Waals surface area contributed by atoms with Gasteiger partial charge in [-0.25, -0.2) is 0 Å². The van der Waals surface area contributed by atoms with Crippen molar-refractivity contribution >= 4 is 12.4 Å². The van der Waals surface area contributed by atoms with Gasteiger partial charge in [0.15, 0.2) is 0 Å². The first kappa shape index (κ1) is 10.1. The number of piperidine rings is 1. The molecule has 1 saturated heterocycles. The standard InChI is InChI=1S/C5H12N2O2.ClH/c6-3-1-2-4(8)7-5(3)9;/h3-5,7-9H,1-2,6H2;1H. The van der Waals surface area contributed by atoms with E-state index in [0.717, 1.165) is 0 Å². The maximum Gasteiger partial charge on any atom is 0.122 e. The van der Waals surface area contributed by atoms with Gasteiger partial charge in [-0.3, -0.25) is 5.32 Å². The molecule has 1 rings (SSSR count). The fraction of sp³-hybridized carbons (Fsp3) is 1.00. The van der Waals surface area contributed by atoms with Crippen LogP contribution in [0, 0.1) is 0 Å². The molecule has 3 unspecified atom stereocenters. The Morgan fingerprint density at radius 1 is 1.30 bits per heavy atom. The van der Waals surface area contributed by atoms with Crippen molar-refractivity contribution in [3.8, 4) is 0 Å². The molecule has 10 heavy (non-hydrogen) atoms. The average molecular weight is 169 g/mol. The van der Waals surface area contributed by atoms with Gasteiger partial charge in [0, 0.05) is 6.04 Å². The highest BCUT2D eigenvalue weighted by molar-refractivity contribution is 5.85. The number of nitrogens with one attached hydrogen (secondary N) is 1. The van der Waals surface area contributed by atoms with Crippen molar-refractivity contribution in [2.45, 2.75) is 31.3 Å². The zero-order chi connectivity index (χ0) is 6.85. The molecule has 1 heterocycles. The molecular formula is C5H13ClN2O2. The van der Waals surface area contributed by atoms with E-state index < -0.39 is 12.5 Å². The van der Waals surface area contributed by atoms with Crippen LogP contribution in [-0.2, 0) is 0 Å². The van der Waals surface area contributed by atoms with Gasteiger partial charge in [0.25, 0.3) is 0 Å². The Bertz CT molecular complexity index is 104. The van der Waals surface area contributed by atoms with Crippen molar-refractivity contribution in [3.05, 3.63) is 0 Å². The van der Waals surface area contributed by atoms with Crippen LogP contribution >= 0.6 is 12.4 Å². The molecule has 4 nitrogen and oxygen atoms in total. The third-order valence-electron chi connectivity index (χ3n) is 1.54. The molecule has 0 spiro atoms. The second-order valence-corrected chi connectivity index (χ2v) is 2.37. The molecule has 0 radical (unpaired) electrons. The number of rotatable bonds is 0. The van der Waals surface area contributed by atoms with E-state index in [1.807, 2.05) is 0 Å². The van der Waals surface area contributed by atoms with Crippen LogP contribution in [0.4, 0.5) is 0 Å². The van der Waals surface area contributed by atoms with Gasteiger partial charge in [0.1, 0.15) is 12.5 Å². The molecule has 0 aromatic carbocycles. The van der Waals surface area contributed by atoms with E-state index in [1.54, 1.807) is 0 Å². The molecule has 3 atom stereocenters. The highest BCUT2D eigenvalue weighted by Gasteiger charge is 2.23. The van der Waals surface area contributed by atoms with Crippen LogP contribution in [0.3, 0.4) is 0 Å². The summed E-state index contributed by atoms with van der Waals surface area (Å²) in [6, 6.07) is -0.228. The second-order valence-electron chi connectivity index (χ2n) is 2.37. The summed E-state index contributed by atoms with van der Waals surface area (Å²) in [5.74, 6) is 0. The van der Waals surface area contributed by atoms with Crippen molar-refractivity contribution in [2.24, 2.45) is 5.73 Å². The van der Waals surface area contributed by atoms with Crippen LogP contribution in [0.15, 0.2) is 0 Å². The summed E-state index contributed by atoms with van der Waals surface area (Å²) in [6.45, 7) is 0. The number of halogens is 1. The summed E-state index contributed by atoms with van der Waals surface area (Å²) in [7, 11) is 0. The van der Waals surface area contributed by atoms with E-state index in [9.17, 15) is 0 Å². The molecule has 62 valence electrons. The van der Waals surface area contributed by atoms with E-state index in [-0.39, 0.29) is 18.4 Å². The lowest BCUT2D eigenvalue weighted by Gasteiger charge is -2.28. The predicted molar refractivity (Wildman–Crippen MR) is 39.6 cm³/mol. The molecule has 0 aromatic heterocycles. The molecule has 0 aromatic rings. The molecule has 0 saturated carbocycles. The Hall–Kier alpha value is 0.130. The summed E-state index contributed by atoms with van der Waals surface area (Å²) in [5, 5.41) is 20.3. The zero-order valence-electron chi connectivity index (χ0n) is 5.53. The zero-order valence-corrected chi connectivity index (χ0v) is 6.34. The van der Waals surface area contributed by atoms with Gasteiger partial charge in [-0.15, -0.1) is 12.4 Å². The number of nitrogens with two attached hydrogens (primary N) is 1. The van der Waals surface area contributed by atoms with Crippen LogP contribution in [0.5, 0.6) is 0 Å². The Labute approximate surface area is 65.8 Å². The van der Waals surface area contributed by atoms with Crippen LogP contribution in [-0.4, -0.2) is 28.7 Å². The predicted octanol–water partition coefficient (Wildman–Crippen LogP) is -1.24. The summed E-state index contributed by atoms with van der Waals surface area (Å²) < 4.78 is 0. The molecule has 5 N–H and O–H groups in total. The summed E-state index contributed by atoms with van der Waals surface area (Å²) >= 11 is 0. The minimum Gasteiger partial charge on any atom is -0.379 e. The van der Waals surface area contributed by atoms with Gasteiger partial charge in [-0.2, -0.15) is 0 Å². The topological polar surface area (TPSA) is 78.5 Å². The third kappa shape index (κ3) is 2.40. The minimum atomic E-state index is -0.742. The Morgan fingerprint density at radius 3 is 2.30 bits per heavy atom. The van der Waals surface area contributed by atoms with Gasteiger partial charge in [0.2, 0.25) is 0 Å². The van der Waals surface area contributed by atoms with Crippen LogP contribution in [0.2, 0.25) is 0 Å². The van der Waals surface area contributed by atoms with Gasteiger partial charge >= 0.3 is 0 Å². The smallest absolute Gasteiger partial charge is 0.122 e. The first-order valence-corrected chi connectivity index (χ1v) is 3.08. The SMILES string of the molecule is Cl.NC1CCC(O)NC1O. The van der Waals surface area contributed by atoms with Gasteiger partial charge in [-0.1, -0.05) is 0 Å². The second kappa shape index (κ2) is 4.10. The Morgan fingerprint density at radius 2 is 1.90 bits per heavy atom.